The molecule has 144 valence electrons. The lowest BCUT2D eigenvalue weighted by molar-refractivity contribution is -0.636. The highest BCUT2D eigenvalue weighted by atomic mass is 16.5. The normalized spacial score (nSPS) is 15.2. The number of fused-ring (bicyclic) bond motifs is 1. The molecule has 0 saturated heterocycles. The Morgan fingerprint density at radius 3 is 2.64 bits per heavy atom. The molecule has 0 unspecified atom stereocenters. The van der Waals surface area contributed by atoms with Gasteiger partial charge in [0.15, 0.2) is 0 Å². The van der Waals surface area contributed by atoms with E-state index in [-0.39, 0.29) is 0 Å². The van der Waals surface area contributed by atoms with Crippen molar-refractivity contribution in [1.29, 1.82) is 0 Å². The molecule has 0 spiro atoms. The Bertz CT molecular complexity index is 972. The van der Waals surface area contributed by atoms with Gasteiger partial charge in [-0.2, -0.15) is 0 Å². The van der Waals surface area contributed by atoms with Gasteiger partial charge >= 0.3 is 6.17 Å². The van der Waals surface area contributed by atoms with Crippen LogP contribution >= 0.6 is 0 Å². The third-order valence-electron chi connectivity index (χ3n) is 4.54. The molecule has 0 bridgehead atoms. The maximum Gasteiger partial charge on any atom is 0.368 e. The zero-order chi connectivity index (χ0) is 20.4. The summed E-state index contributed by atoms with van der Waals surface area (Å²) in [4.78, 5) is 12.2. The predicted octanol–water partition coefficient (Wildman–Crippen LogP) is 3.08. The number of carbonyl (C=O) groups is 1. The molecule has 0 radical (unpaired) electrons. The number of hydrogen-bond acceptors (Lipinski definition) is 3. The molecule has 0 atom stereocenters. The fourth-order valence-corrected chi connectivity index (χ4v) is 3.02. The molecule has 2 heterocycles. The van der Waals surface area contributed by atoms with Crippen LogP contribution in [0.15, 0.2) is 42.1 Å². The molecule has 0 saturated carbocycles. The highest BCUT2D eigenvalue weighted by molar-refractivity contribution is 6.00. The maximum atomic E-state index is 12.2. The van der Waals surface area contributed by atoms with E-state index in [0.717, 1.165) is 0 Å². The van der Waals surface area contributed by atoms with Gasteiger partial charge < -0.3 is 14.9 Å². The molecule has 0 fully saturated rings. The van der Waals surface area contributed by atoms with Crippen LogP contribution in [-0.4, -0.2) is 54.2 Å². The molecule has 1 aromatic rings. The zero-order valence-electron chi connectivity index (χ0n) is 16.2. The first-order chi connectivity index (χ1) is 13.4. The summed E-state index contributed by atoms with van der Waals surface area (Å²) in [5.41, 5.74) is 7.03. The van der Waals surface area contributed by atoms with Crippen molar-refractivity contribution in [3.05, 3.63) is 65.3 Å². The second kappa shape index (κ2) is 7.48. The first-order valence-corrected chi connectivity index (χ1v) is 8.48. The maximum absolute atomic E-state index is 12.2. The molecule has 3 rings (SSSR count). The molecule has 7 nitrogen and oxygen atoms in total. The lowest BCUT2D eigenvalue weighted by atomic mass is 9.96. The van der Waals surface area contributed by atoms with Crippen LogP contribution in [0.5, 0.6) is 5.75 Å². The van der Waals surface area contributed by atoms with E-state index in [9.17, 15) is 4.79 Å². The van der Waals surface area contributed by atoms with Gasteiger partial charge in [0.2, 0.25) is 0 Å². The Labute approximate surface area is 164 Å². The summed E-state index contributed by atoms with van der Waals surface area (Å²) in [5.74, 6) is 0.154. The highest BCUT2D eigenvalue weighted by Gasteiger charge is 2.30. The summed E-state index contributed by atoms with van der Waals surface area (Å²) < 4.78 is 15.2. The fraction of sp³-hybridized carbons (Fsp3) is 0.143. The van der Waals surface area contributed by atoms with Crippen LogP contribution in [0.2, 0.25) is 0 Å². The monoisotopic (exact) mass is 378 g/mol. The van der Waals surface area contributed by atoms with E-state index in [2.05, 4.69) is 25.6 Å². The number of allylic oxidation sites excluding steroid dienone is 2. The molecule has 0 aliphatic carbocycles. The Morgan fingerprint density at radius 2 is 2.00 bits per heavy atom. The van der Waals surface area contributed by atoms with Gasteiger partial charge in [-0.15, -0.1) is 6.08 Å². The minimum absolute atomic E-state index is 0.408. The number of rotatable bonds is 5. The van der Waals surface area contributed by atoms with Gasteiger partial charge in [0, 0.05) is 17.2 Å². The van der Waals surface area contributed by atoms with E-state index in [1.165, 1.54) is 11.8 Å². The smallest absolute Gasteiger partial charge is 0.368 e. The number of benzene rings is 1. The van der Waals surface area contributed by atoms with Gasteiger partial charge in [-0.1, -0.05) is 18.2 Å². The lowest BCUT2D eigenvalue weighted by Crippen LogP contribution is -2.24. The summed E-state index contributed by atoms with van der Waals surface area (Å²) in [6, 6.07) is 4.25. The minimum Gasteiger partial charge on any atom is -0.500 e. The van der Waals surface area contributed by atoms with Crippen LogP contribution in [0, 0.1) is 12.2 Å². The largest absolute Gasteiger partial charge is 0.500 e. The first-order valence-electron chi connectivity index (χ1n) is 8.48. The van der Waals surface area contributed by atoms with Gasteiger partial charge in [-0.25, -0.2) is 4.58 Å². The number of esters is 1. The Kier molecular flexibility index (Phi) is 5.08. The van der Waals surface area contributed by atoms with Gasteiger partial charge in [0.1, 0.15) is 23.7 Å². The number of methoxy groups -OCH3 is 2. The number of nitrogens with zero attached hydrogens (tertiary/aromatic N) is 4. The number of ether oxygens (including phenoxy) is 2. The molecular weight excluding hydrogens is 356 g/mol. The van der Waals surface area contributed by atoms with Crippen LogP contribution in [0.3, 0.4) is 0 Å². The van der Waals surface area contributed by atoms with E-state index in [4.69, 9.17) is 9.47 Å². The molecule has 0 aromatic heterocycles. The van der Waals surface area contributed by atoms with Crippen molar-refractivity contribution in [1.82, 2.24) is 0 Å². The second-order valence-electron chi connectivity index (χ2n) is 6.14. The third kappa shape index (κ3) is 3.18. The molecule has 2 aliphatic heterocycles. The molecule has 2 aliphatic rings. The minimum atomic E-state index is -0.442. The van der Waals surface area contributed by atoms with Crippen molar-refractivity contribution >= 4 is 43.6 Å². The Hall–Kier alpha value is -3.74. The van der Waals surface area contributed by atoms with Gasteiger partial charge in [0.25, 0.3) is 5.97 Å². The lowest BCUT2D eigenvalue weighted by Gasteiger charge is -2.31. The van der Waals surface area contributed by atoms with Gasteiger partial charge in [-0.05, 0) is 18.7 Å². The first kappa shape index (κ1) is 19.0. The summed E-state index contributed by atoms with van der Waals surface area (Å²) >= 11 is 0. The molecule has 0 amide bonds. The molecule has 0 N–H and O–H groups in total. The third-order valence-corrected chi connectivity index (χ3v) is 4.54. The van der Waals surface area contributed by atoms with Crippen molar-refractivity contribution in [2.75, 3.05) is 14.2 Å². The molecule has 1 aromatic carbocycles. The molecular formula is C21H22N4O3. The van der Waals surface area contributed by atoms with Crippen LogP contribution in [0.4, 0.5) is 11.4 Å². The quantitative estimate of drug-likeness (QED) is 0.260. The standard InChI is InChI=1S/C21H22N4O3/c1-14-15(21(26)28-6)13-16-18(27-5)11-10-17(20(16)24(14)3)22-25(4)19-9-7-8-12-23(19)2/h7-13H,2-4H2,1,5-6H3. The Balaban J connectivity index is 2.05. The predicted molar refractivity (Wildman–Crippen MR) is 108 cm³/mol. The van der Waals surface area contributed by atoms with E-state index >= 15 is 0 Å². The van der Waals surface area contributed by atoms with E-state index < -0.39 is 5.97 Å². The van der Waals surface area contributed by atoms with E-state index in [0.29, 0.717) is 40.5 Å². The zero-order valence-corrected chi connectivity index (χ0v) is 16.2. The SMILES string of the molecule is C=[N+]1C=CC=C[C-]1[N+](=C)[N-]c1ccc(OC)c2c1[N+](=C)[C-](C)C(C(=O)OC)=C2. The average molecular weight is 378 g/mol. The van der Waals surface area contributed by atoms with Crippen LogP contribution in [0.25, 0.3) is 11.5 Å². The second-order valence-corrected chi connectivity index (χ2v) is 6.14. The van der Waals surface area contributed by atoms with Crippen molar-refractivity contribution in [2.45, 2.75) is 6.92 Å². The van der Waals surface area contributed by atoms with Crippen molar-refractivity contribution in [3.63, 3.8) is 0 Å². The van der Waals surface area contributed by atoms with E-state index in [1.807, 2.05) is 30.5 Å². The summed E-state index contributed by atoms with van der Waals surface area (Å²) in [7, 11) is 2.91. The summed E-state index contributed by atoms with van der Waals surface area (Å²) in [6.45, 7) is 13.8. The van der Waals surface area contributed by atoms with Crippen molar-refractivity contribution in [2.24, 2.45) is 0 Å². The van der Waals surface area contributed by atoms with Crippen LogP contribution in [-0.2, 0) is 9.53 Å². The van der Waals surface area contributed by atoms with Gasteiger partial charge in [-0.3, -0.25) is 14.1 Å². The van der Waals surface area contributed by atoms with Crippen molar-refractivity contribution in [3.8, 4) is 5.75 Å². The summed E-state index contributed by atoms with van der Waals surface area (Å²) in [5, 5.41) is 0. The topological polar surface area (TPSA) is 58.7 Å². The molecule has 28 heavy (non-hydrogen) atoms. The number of carbonyl (C=O) groups excluding carboxylic acids is 1. The molecule has 7 heteroatoms. The van der Waals surface area contributed by atoms with Crippen LogP contribution < -0.4 is 4.74 Å². The van der Waals surface area contributed by atoms with Crippen molar-refractivity contribution < 1.29 is 28.1 Å². The van der Waals surface area contributed by atoms with Crippen LogP contribution in [0.1, 0.15) is 12.5 Å². The average Bonchev–Trinajstić information content (AvgIpc) is 2.70. The highest BCUT2D eigenvalue weighted by Crippen LogP contribution is 2.46. The summed E-state index contributed by atoms with van der Waals surface area (Å²) in [6.07, 6.45) is 9.84. The Morgan fingerprint density at radius 1 is 1.25 bits per heavy atom. The fourth-order valence-electron chi connectivity index (χ4n) is 3.02. The van der Waals surface area contributed by atoms with E-state index in [1.54, 1.807) is 35.3 Å². The van der Waals surface area contributed by atoms with Gasteiger partial charge in [0.05, 0.1) is 34.4 Å². The number of hydrogen-bond donors (Lipinski definition) is 0.